The van der Waals surface area contributed by atoms with Crippen LogP contribution in [0.5, 0.6) is 0 Å². The molecule has 41 heavy (non-hydrogen) atoms. The molecule has 0 aromatic heterocycles. The maximum absolute atomic E-state index is 15.0. The third kappa shape index (κ3) is 10.5. The van der Waals surface area contributed by atoms with Crippen molar-refractivity contribution in [3.63, 3.8) is 0 Å². The van der Waals surface area contributed by atoms with Gasteiger partial charge in [0.05, 0.1) is 13.2 Å². The Morgan fingerprint density at radius 3 is 1.83 bits per heavy atom. The van der Waals surface area contributed by atoms with Gasteiger partial charge < -0.3 is 14.2 Å². The summed E-state index contributed by atoms with van der Waals surface area (Å²) in [6.07, 6.45) is 6.04. The van der Waals surface area contributed by atoms with Crippen LogP contribution in [0, 0.1) is 5.92 Å². The Hall–Kier alpha value is -4.52. The molecule has 0 saturated carbocycles. The molecule has 0 atom stereocenters. The molecule has 216 valence electrons. The van der Waals surface area contributed by atoms with E-state index in [0.29, 0.717) is 47.3 Å². The van der Waals surface area contributed by atoms with E-state index in [2.05, 4.69) is 32.9 Å². The standard InChI is InChI=1S/C34H37FO6/c1-21(2)32(36)39-19-27(20-40-33(37)22(3)4)18-26-9-11-28(12-10-26)24(7)17-31(35)25(8)29-13-15-30(16-14-29)41-34(38)23(5)6/h9-13,15,17,27H,1,3,5,7-8,14,16,18-20H2,2,4,6H3/b31-17+. The number of halogens is 1. The van der Waals surface area contributed by atoms with Gasteiger partial charge in [-0.1, -0.05) is 63.2 Å². The highest BCUT2D eigenvalue weighted by Gasteiger charge is 2.18. The molecule has 6 nitrogen and oxygen atoms in total. The van der Waals surface area contributed by atoms with Crippen molar-refractivity contribution in [3.8, 4) is 0 Å². The van der Waals surface area contributed by atoms with E-state index in [9.17, 15) is 14.4 Å². The fourth-order valence-electron chi connectivity index (χ4n) is 3.63. The van der Waals surface area contributed by atoms with Crippen molar-refractivity contribution in [2.24, 2.45) is 5.92 Å². The highest BCUT2D eigenvalue weighted by molar-refractivity contribution is 5.88. The van der Waals surface area contributed by atoms with Gasteiger partial charge in [-0.05, 0) is 68.0 Å². The molecule has 1 aliphatic rings. The molecule has 0 heterocycles. The number of benzene rings is 1. The van der Waals surface area contributed by atoms with Crippen molar-refractivity contribution >= 4 is 23.5 Å². The van der Waals surface area contributed by atoms with Crippen LogP contribution in [-0.2, 0) is 35.0 Å². The minimum atomic E-state index is -0.519. The Bertz CT molecular complexity index is 1320. The Balaban J connectivity index is 2.06. The summed E-state index contributed by atoms with van der Waals surface area (Å²) < 4.78 is 30.8. The Morgan fingerprint density at radius 2 is 1.37 bits per heavy atom. The van der Waals surface area contributed by atoms with Gasteiger partial charge in [0, 0.05) is 34.6 Å². The zero-order chi connectivity index (χ0) is 30.7. The molecule has 0 saturated heterocycles. The smallest absolute Gasteiger partial charge is 0.338 e. The lowest BCUT2D eigenvalue weighted by molar-refractivity contribution is -0.144. The van der Waals surface area contributed by atoms with Crippen LogP contribution in [0.25, 0.3) is 5.57 Å². The molecule has 0 bridgehead atoms. The third-order valence-electron chi connectivity index (χ3n) is 6.11. The molecule has 0 fully saturated rings. The number of esters is 3. The van der Waals surface area contributed by atoms with E-state index in [1.807, 2.05) is 24.3 Å². The zero-order valence-corrected chi connectivity index (χ0v) is 24.0. The van der Waals surface area contributed by atoms with Crippen LogP contribution >= 0.6 is 0 Å². The molecule has 0 amide bonds. The Morgan fingerprint density at radius 1 is 0.829 bits per heavy atom. The number of carbonyl (C=O) groups is 3. The largest absolute Gasteiger partial charge is 0.462 e. The van der Waals surface area contributed by atoms with Crippen molar-refractivity contribution < 1.29 is 33.0 Å². The van der Waals surface area contributed by atoms with E-state index in [1.165, 1.54) is 6.08 Å². The summed E-state index contributed by atoms with van der Waals surface area (Å²) in [6, 6.07) is 7.34. The van der Waals surface area contributed by atoms with E-state index in [1.54, 1.807) is 32.9 Å². The van der Waals surface area contributed by atoms with Crippen molar-refractivity contribution in [1.29, 1.82) is 0 Å². The van der Waals surface area contributed by atoms with Crippen molar-refractivity contribution in [2.75, 3.05) is 13.2 Å². The van der Waals surface area contributed by atoms with Gasteiger partial charge in [-0.2, -0.15) is 0 Å². The van der Waals surface area contributed by atoms with Crippen LogP contribution in [0.1, 0.15) is 44.7 Å². The summed E-state index contributed by atoms with van der Waals surface area (Å²) in [7, 11) is 0. The van der Waals surface area contributed by atoms with E-state index >= 15 is 4.39 Å². The predicted molar refractivity (Wildman–Crippen MR) is 159 cm³/mol. The van der Waals surface area contributed by atoms with Crippen LogP contribution in [-0.4, -0.2) is 31.1 Å². The normalized spacial score (nSPS) is 13.0. The molecule has 0 aliphatic heterocycles. The highest BCUT2D eigenvalue weighted by atomic mass is 19.1. The summed E-state index contributed by atoms with van der Waals surface area (Å²) in [6.45, 7) is 23.3. The van der Waals surface area contributed by atoms with Gasteiger partial charge in [-0.25, -0.2) is 18.8 Å². The molecule has 1 aromatic carbocycles. The van der Waals surface area contributed by atoms with Crippen molar-refractivity contribution in [3.05, 3.63) is 126 Å². The average molecular weight is 561 g/mol. The zero-order valence-electron chi connectivity index (χ0n) is 24.0. The summed E-state index contributed by atoms with van der Waals surface area (Å²) >= 11 is 0. The van der Waals surface area contributed by atoms with Gasteiger partial charge in [0.1, 0.15) is 11.6 Å². The number of allylic oxidation sites excluding steroid dienone is 8. The molecule has 1 aliphatic carbocycles. The fourth-order valence-corrected chi connectivity index (χ4v) is 3.63. The predicted octanol–water partition coefficient (Wildman–Crippen LogP) is 7.23. The van der Waals surface area contributed by atoms with Gasteiger partial charge in [0.2, 0.25) is 0 Å². The molecule has 0 N–H and O–H groups in total. The lowest BCUT2D eigenvalue weighted by Crippen LogP contribution is -2.23. The van der Waals surface area contributed by atoms with Crippen LogP contribution < -0.4 is 0 Å². The quantitative estimate of drug-likeness (QED) is 0.103. The molecule has 1 aromatic rings. The SMILES string of the molecule is C=C(C)C(=O)OCC(COC(=O)C(=C)C)Cc1ccc(C(=C)/C=C(/F)C(=C)C2=CC=C(OC(=O)C(=C)C)CC2)cc1. The number of rotatable bonds is 14. The Kier molecular flexibility index (Phi) is 12.2. The van der Waals surface area contributed by atoms with E-state index < -0.39 is 23.7 Å². The van der Waals surface area contributed by atoms with Crippen LogP contribution in [0.4, 0.5) is 4.39 Å². The minimum absolute atomic E-state index is 0.0442. The van der Waals surface area contributed by atoms with Gasteiger partial charge >= 0.3 is 17.9 Å². The van der Waals surface area contributed by atoms with Crippen LogP contribution in [0.2, 0.25) is 0 Å². The second kappa shape index (κ2) is 15.3. The summed E-state index contributed by atoms with van der Waals surface area (Å²) in [5, 5.41) is 0. The topological polar surface area (TPSA) is 78.9 Å². The molecule has 2 rings (SSSR count). The number of ether oxygens (including phenoxy) is 3. The minimum Gasteiger partial charge on any atom is -0.462 e. The second-order valence-electron chi connectivity index (χ2n) is 10.0. The summed E-state index contributed by atoms with van der Waals surface area (Å²) in [4.78, 5) is 35.4. The first-order valence-electron chi connectivity index (χ1n) is 13.1. The van der Waals surface area contributed by atoms with Crippen molar-refractivity contribution in [2.45, 2.75) is 40.0 Å². The summed E-state index contributed by atoms with van der Waals surface area (Å²) in [5.41, 5.74) is 3.86. The Labute approximate surface area is 241 Å². The number of hydrogen-bond donors (Lipinski definition) is 0. The molecular formula is C34H37FO6. The van der Waals surface area contributed by atoms with E-state index in [4.69, 9.17) is 14.2 Å². The van der Waals surface area contributed by atoms with Gasteiger partial charge in [-0.15, -0.1) is 0 Å². The van der Waals surface area contributed by atoms with Gasteiger partial charge in [0.25, 0.3) is 0 Å². The number of hydrogen-bond acceptors (Lipinski definition) is 6. The monoisotopic (exact) mass is 560 g/mol. The first-order chi connectivity index (χ1) is 19.3. The highest BCUT2D eigenvalue weighted by Crippen LogP contribution is 2.30. The first-order valence-corrected chi connectivity index (χ1v) is 13.1. The lowest BCUT2D eigenvalue weighted by atomic mass is 9.95. The van der Waals surface area contributed by atoms with Crippen LogP contribution in [0.3, 0.4) is 0 Å². The van der Waals surface area contributed by atoms with E-state index in [0.717, 1.165) is 5.56 Å². The molecule has 0 spiro atoms. The number of carbonyl (C=O) groups excluding carboxylic acids is 3. The molecule has 0 unspecified atom stereocenters. The maximum Gasteiger partial charge on any atom is 0.338 e. The maximum atomic E-state index is 15.0. The lowest BCUT2D eigenvalue weighted by Gasteiger charge is -2.18. The van der Waals surface area contributed by atoms with E-state index in [-0.39, 0.29) is 35.9 Å². The molecular weight excluding hydrogens is 523 g/mol. The van der Waals surface area contributed by atoms with Crippen LogP contribution in [0.15, 0.2) is 115 Å². The summed E-state index contributed by atoms with van der Waals surface area (Å²) in [5.74, 6) is -1.84. The van der Waals surface area contributed by atoms with Gasteiger partial charge in [-0.3, -0.25) is 0 Å². The van der Waals surface area contributed by atoms with Crippen molar-refractivity contribution in [1.82, 2.24) is 0 Å². The van der Waals surface area contributed by atoms with Gasteiger partial charge in [0.15, 0.2) is 0 Å². The fraction of sp³-hybridized carbons (Fsp3) is 0.265. The first kappa shape index (κ1) is 32.7. The third-order valence-corrected chi connectivity index (χ3v) is 6.11. The molecule has 7 heteroatoms. The molecule has 0 radical (unpaired) electrons. The average Bonchev–Trinajstić information content (AvgIpc) is 2.94. The second-order valence-corrected chi connectivity index (χ2v) is 10.0.